The third-order valence-corrected chi connectivity index (χ3v) is 5.41. The van der Waals surface area contributed by atoms with Gasteiger partial charge in [-0.2, -0.15) is 0 Å². The number of rotatable bonds is 5. The van der Waals surface area contributed by atoms with Crippen LogP contribution in [0.2, 0.25) is 0 Å². The third-order valence-electron chi connectivity index (χ3n) is 4.30. The van der Waals surface area contributed by atoms with Gasteiger partial charge in [-0.3, -0.25) is 19.1 Å². The number of nitrogens with zero attached hydrogens (tertiary/aromatic N) is 3. The number of hydrogen-bond donors (Lipinski definition) is 1. The van der Waals surface area contributed by atoms with Crippen molar-refractivity contribution < 1.29 is 4.79 Å². The number of thiophene rings is 1. The number of hydrogen-bond acceptors (Lipinski definition) is 5. The van der Waals surface area contributed by atoms with Crippen LogP contribution in [0, 0.1) is 13.8 Å². The Labute approximate surface area is 149 Å². The highest BCUT2D eigenvalue weighted by atomic mass is 32.1. The molecule has 0 spiro atoms. The van der Waals surface area contributed by atoms with Gasteiger partial charge in [0.15, 0.2) is 0 Å². The van der Waals surface area contributed by atoms with Gasteiger partial charge in [0.2, 0.25) is 5.91 Å². The molecular weight excluding hydrogens is 336 g/mol. The summed E-state index contributed by atoms with van der Waals surface area (Å²) in [6.45, 7) is 6.14. The monoisotopic (exact) mass is 356 g/mol. The van der Waals surface area contributed by atoms with Gasteiger partial charge in [0.25, 0.3) is 5.56 Å². The standard InChI is InChI=1S/C18H20N4O2S/c1-11-13(3)25-17-16(11)18(24)22(10-20-17)8-6-15(23)21-12(2)14-5-4-7-19-9-14/h4-5,7,9-10,12H,6,8H2,1-3H3,(H,21,23). The van der Waals surface area contributed by atoms with Crippen LogP contribution in [0.4, 0.5) is 0 Å². The highest BCUT2D eigenvalue weighted by Gasteiger charge is 2.14. The molecule has 1 unspecified atom stereocenters. The summed E-state index contributed by atoms with van der Waals surface area (Å²) in [5.74, 6) is -0.110. The number of nitrogens with one attached hydrogen (secondary N) is 1. The van der Waals surface area contributed by atoms with Gasteiger partial charge in [0.05, 0.1) is 17.8 Å². The maximum atomic E-state index is 12.6. The Hall–Kier alpha value is -2.54. The highest BCUT2D eigenvalue weighted by Crippen LogP contribution is 2.25. The molecular formula is C18H20N4O2S. The molecule has 0 aliphatic rings. The summed E-state index contributed by atoms with van der Waals surface area (Å²) < 4.78 is 1.51. The van der Waals surface area contributed by atoms with E-state index in [1.54, 1.807) is 12.4 Å². The lowest BCUT2D eigenvalue weighted by Gasteiger charge is -2.14. The van der Waals surface area contributed by atoms with Crippen LogP contribution in [0.5, 0.6) is 0 Å². The van der Waals surface area contributed by atoms with Crippen LogP contribution in [0.25, 0.3) is 10.2 Å². The van der Waals surface area contributed by atoms with E-state index in [1.165, 1.54) is 22.2 Å². The molecule has 0 bridgehead atoms. The predicted octanol–water partition coefficient (Wildman–Crippen LogP) is 2.74. The van der Waals surface area contributed by atoms with Crippen molar-refractivity contribution >= 4 is 27.5 Å². The Morgan fingerprint density at radius 3 is 2.92 bits per heavy atom. The van der Waals surface area contributed by atoms with Crippen molar-refractivity contribution in [3.8, 4) is 0 Å². The molecule has 1 amide bonds. The maximum Gasteiger partial charge on any atom is 0.262 e. The van der Waals surface area contributed by atoms with Crippen LogP contribution in [-0.4, -0.2) is 20.4 Å². The van der Waals surface area contributed by atoms with Gasteiger partial charge in [-0.05, 0) is 38.0 Å². The number of aryl methyl sites for hydroxylation is 3. The smallest absolute Gasteiger partial charge is 0.262 e. The second-order valence-electron chi connectivity index (χ2n) is 6.03. The Morgan fingerprint density at radius 1 is 1.40 bits per heavy atom. The number of carbonyl (C=O) groups excluding carboxylic acids is 1. The van der Waals surface area contributed by atoms with Crippen molar-refractivity contribution in [2.24, 2.45) is 0 Å². The lowest BCUT2D eigenvalue weighted by atomic mass is 10.1. The second kappa shape index (κ2) is 7.14. The first-order valence-corrected chi connectivity index (χ1v) is 8.93. The second-order valence-corrected chi connectivity index (χ2v) is 7.24. The lowest BCUT2D eigenvalue weighted by molar-refractivity contribution is -0.121. The van der Waals surface area contributed by atoms with Gasteiger partial charge in [0.1, 0.15) is 4.83 Å². The topological polar surface area (TPSA) is 76.9 Å². The molecule has 0 fully saturated rings. The van der Waals surface area contributed by atoms with Crippen LogP contribution in [0.1, 0.15) is 35.4 Å². The molecule has 0 saturated heterocycles. The zero-order valence-corrected chi connectivity index (χ0v) is 15.3. The van der Waals surface area contributed by atoms with Crippen molar-refractivity contribution in [1.29, 1.82) is 0 Å². The number of fused-ring (bicyclic) bond motifs is 1. The van der Waals surface area contributed by atoms with Crippen molar-refractivity contribution in [3.05, 3.63) is 57.2 Å². The molecule has 0 radical (unpaired) electrons. The summed E-state index contributed by atoms with van der Waals surface area (Å²) in [4.78, 5) is 35.0. The van der Waals surface area contributed by atoms with E-state index < -0.39 is 0 Å². The molecule has 6 nitrogen and oxygen atoms in total. The van der Waals surface area contributed by atoms with Gasteiger partial charge in [-0.25, -0.2) is 4.98 Å². The molecule has 3 aromatic rings. The molecule has 0 aliphatic heterocycles. The zero-order chi connectivity index (χ0) is 18.0. The summed E-state index contributed by atoms with van der Waals surface area (Å²) in [5, 5.41) is 3.59. The fourth-order valence-corrected chi connectivity index (χ4v) is 3.67. The molecule has 3 rings (SSSR count). The lowest BCUT2D eigenvalue weighted by Crippen LogP contribution is -2.29. The molecule has 3 heterocycles. The summed E-state index contributed by atoms with van der Waals surface area (Å²) in [7, 11) is 0. The van der Waals surface area contributed by atoms with Crippen LogP contribution in [0.3, 0.4) is 0 Å². The molecule has 1 atom stereocenters. The van der Waals surface area contributed by atoms with Crippen molar-refractivity contribution in [3.63, 3.8) is 0 Å². The summed E-state index contributed by atoms with van der Waals surface area (Å²) in [5.41, 5.74) is 1.84. The maximum absolute atomic E-state index is 12.6. The highest BCUT2D eigenvalue weighted by molar-refractivity contribution is 7.18. The van der Waals surface area contributed by atoms with Gasteiger partial charge >= 0.3 is 0 Å². The average molecular weight is 356 g/mol. The first-order chi connectivity index (χ1) is 12.0. The SMILES string of the molecule is Cc1sc2ncn(CCC(=O)NC(C)c3cccnc3)c(=O)c2c1C. The van der Waals surface area contributed by atoms with Gasteiger partial charge in [-0.1, -0.05) is 6.07 Å². The fourth-order valence-electron chi connectivity index (χ4n) is 2.68. The Bertz CT molecular complexity index is 962. The Kier molecular flexibility index (Phi) is 4.94. The average Bonchev–Trinajstić information content (AvgIpc) is 2.90. The summed E-state index contributed by atoms with van der Waals surface area (Å²) in [6, 6.07) is 3.63. The van der Waals surface area contributed by atoms with E-state index in [-0.39, 0.29) is 23.9 Å². The Balaban J connectivity index is 1.68. The number of aromatic nitrogens is 3. The third kappa shape index (κ3) is 3.61. The normalized spacial score (nSPS) is 12.3. The van der Waals surface area contributed by atoms with Crippen LogP contribution in [0.15, 0.2) is 35.6 Å². The molecule has 3 aromatic heterocycles. The number of carbonyl (C=O) groups is 1. The van der Waals surface area contributed by atoms with Gasteiger partial charge in [-0.15, -0.1) is 11.3 Å². The van der Waals surface area contributed by atoms with E-state index in [2.05, 4.69) is 15.3 Å². The molecule has 0 aromatic carbocycles. The predicted molar refractivity (Wildman–Crippen MR) is 98.8 cm³/mol. The molecule has 0 saturated carbocycles. The first kappa shape index (κ1) is 17.3. The van der Waals surface area contributed by atoms with E-state index in [1.807, 2.05) is 32.9 Å². The fraction of sp³-hybridized carbons (Fsp3) is 0.333. The van der Waals surface area contributed by atoms with Crippen LogP contribution >= 0.6 is 11.3 Å². The van der Waals surface area contributed by atoms with Crippen LogP contribution in [-0.2, 0) is 11.3 Å². The Morgan fingerprint density at radius 2 is 2.20 bits per heavy atom. The molecule has 25 heavy (non-hydrogen) atoms. The van der Waals surface area contributed by atoms with Crippen molar-refractivity contribution in [1.82, 2.24) is 19.9 Å². The summed E-state index contributed by atoms with van der Waals surface area (Å²) in [6.07, 6.45) is 5.18. The minimum atomic E-state index is -0.125. The van der Waals surface area contributed by atoms with Crippen molar-refractivity contribution in [2.75, 3.05) is 0 Å². The van der Waals surface area contributed by atoms with E-state index in [9.17, 15) is 9.59 Å². The molecule has 0 aliphatic carbocycles. The number of pyridine rings is 1. The van der Waals surface area contributed by atoms with Gasteiger partial charge in [0, 0.05) is 30.2 Å². The van der Waals surface area contributed by atoms with Crippen LogP contribution < -0.4 is 10.9 Å². The molecule has 1 N–H and O–H groups in total. The van der Waals surface area contributed by atoms with Crippen molar-refractivity contribution in [2.45, 2.75) is 39.8 Å². The zero-order valence-electron chi connectivity index (χ0n) is 14.4. The summed E-state index contributed by atoms with van der Waals surface area (Å²) >= 11 is 1.52. The minimum absolute atomic E-state index is 0.0834. The van der Waals surface area contributed by atoms with E-state index in [0.29, 0.717) is 11.9 Å². The quantitative estimate of drug-likeness (QED) is 0.762. The largest absolute Gasteiger partial charge is 0.349 e. The van der Waals surface area contributed by atoms with E-state index >= 15 is 0 Å². The molecule has 7 heteroatoms. The van der Waals surface area contributed by atoms with E-state index in [0.717, 1.165) is 20.8 Å². The number of amides is 1. The van der Waals surface area contributed by atoms with E-state index in [4.69, 9.17) is 0 Å². The minimum Gasteiger partial charge on any atom is -0.349 e. The van der Waals surface area contributed by atoms with Gasteiger partial charge < -0.3 is 5.32 Å². The first-order valence-electron chi connectivity index (χ1n) is 8.12. The molecule has 130 valence electrons.